The summed E-state index contributed by atoms with van der Waals surface area (Å²) in [6.45, 7) is 2.70. The van der Waals surface area contributed by atoms with Crippen LogP contribution in [0.1, 0.15) is 24.9 Å². The number of hydrogen-bond donors (Lipinski definition) is 1. The van der Waals surface area contributed by atoms with E-state index in [1.165, 1.54) is 0 Å². The first-order valence-electron chi connectivity index (χ1n) is 5.38. The zero-order valence-corrected chi connectivity index (χ0v) is 10.8. The molecule has 0 aromatic heterocycles. The highest BCUT2D eigenvalue weighted by Gasteiger charge is 2.30. The first-order chi connectivity index (χ1) is 7.58. The molecule has 1 aliphatic heterocycles. The van der Waals surface area contributed by atoms with Gasteiger partial charge in [0.2, 0.25) is 5.91 Å². The molecule has 86 valence electrons. The molecule has 3 nitrogen and oxygen atoms in total. The van der Waals surface area contributed by atoms with E-state index < -0.39 is 0 Å². The summed E-state index contributed by atoms with van der Waals surface area (Å²) in [5, 5.41) is 0. The van der Waals surface area contributed by atoms with E-state index in [1.807, 2.05) is 36.1 Å². The Labute approximate surface area is 104 Å². The minimum Gasteiger partial charge on any atom is -0.334 e. The van der Waals surface area contributed by atoms with Crippen molar-refractivity contribution in [2.45, 2.75) is 25.4 Å². The molecule has 0 bridgehead atoms. The fraction of sp³-hybridized carbons (Fsp3) is 0.417. The van der Waals surface area contributed by atoms with Crippen molar-refractivity contribution in [1.29, 1.82) is 0 Å². The standard InChI is InChI=1S/C12H15BrN2O/c1-8(9-2-4-10(13)5-3-9)15-7-11(14)6-12(15)16/h2-5,8,11H,6-7,14H2,1H3. The summed E-state index contributed by atoms with van der Waals surface area (Å²) >= 11 is 3.40. The lowest BCUT2D eigenvalue weighted by molar-refractivity contribution is -0.129. The fourth-order valence-electron chi connectivity index (χ4n) is 2.06. The van der Waals surface area contributed by atoms with Crippen molar-refractivity contribution in [3.05, 3.63) is 34.3 Å². The van der Waals surface area contributed by atoms with Crippen LogP contribution in [0.15, 0.2) is 28.7 Å². The smallest absolute Gasteiger partial charge is 0.224 e. The van der Waals surface area contributed by atoms with Gasteiger partial charge in [0.1, 0.15) is 0 Å². The van der Waals surface area contributed by atoms with Gasteiger partial charge in [0.15, 0.2) is 0 Å². The molecule has 1 aromatic rings. The van der Waals surface area contributed by atoms with Crippen LogP contribution in [0.2, 0.25) is 0 Å². The lowest BCUT2D eigenvalue weighted by Gasteiger charge is -2.24. The Morgan fingerprint density at radius 2 is 2.06 bits per heavy atom. The van der Waals surface area contributed by atoms with Crippen molar-refractivity contribution in [2.24, 2.45) is 5.73 Å². The molecule has 1 aromatic carbocycles. The zero-order chi connectivity index (χ0) is 11.7. The number of halogens is 1. The van der Waals surface area contributed by atoms with Gasteiger partial charge in [0.05, 0.1) is 6.04 Å². The minimum absolute atomic E-state index is 0.00889. The molecular weight excluding hydrogens is 268 g/mol. The zero-order valence-electron chi connectivity index (χ0n) is 9.19. The summed E-state index contributed by atoms with van der Waals surface area (Å²) in [4.78, 5) is 13.6. The van der Waals surface area contributed by atoms with Crippen molar-refractivity contribution in [1.82, 2.24) is 4.90 Å². The van der Waals surface area contributed by atoms with Gasteiger partial charge >= 0.3 is 0 Å². The average molecular weight is 283 g/mol. The molecule has 2 atom stereocenters. The van der Waals surface area contributed by atoms with E-state index in [9.17, 15) is 4.79 Å². The molecule has 2 unspecified atom stereocenters. The van der Waals surface area contributed by atoms with Crippen molar-refractivity contribution >= 4 is 21.8 Å². The van der Waals surface area contributed by atoms with Crippen LogP contribution >= 0.6 is 15.9 Å². The summed E-state index contributed by atoms with van der Waals surface area (Å²) < 4.78 is 1.05. The molecule has 2 N–H and O–H groups in total. The lowest BCUT2D eigenvalue weighted by atomic mass is 10.1. The van der Waals surface area contributed by atoms with E-state index in [4.69, 9.17) is 5.73 Å². The number of rotatable bonds is 2. The van der Waals surface area contributed by atoms with Gasteiger partial charge in [-0.2, -0.15) is 0 Å². The van der Waals surface area contributed by atoms with E-state index in [-0.39, 0.29) is 18.0 Å². The van der Waals surface area contributed by atoms with Gasteiger partial charge in [-0.3, -0.25) is 4.79 Å². The van der Waals surface area contributed by atoms with Crippen molar-refractivity contribution < 1.29 is 4.79 Å². The third-order valence-corrected chi connectivity index (χ3v) is 3.54. The quantitative estimate of drug-likeness (QED) is 0.903. The third kappa shape index (κ3) is 2.28. The molecular formula is C12H15BrN2O. The number of nitrogens with zero attached hydrogens (tertiary/aromatic N) is 1. The molecule has 0 spiro atoms. The molecule has 0 saturated carbocycles. The topological polar surface area (TPSA) is 46.3 Å². The van der Waals surface area contributed by atoms with Crippen LogP contribution in [-0.4, -0.2) is 23.4 Å². The average Bonchev–Trinajstić information content (AvgIpc) is 2.58. The van der Waals surface area contributed by atoms with E-state index >= 15 is 0 Å². The summed E-state index contributed by atoms with van der Waals surface area (Å²) in [5.74, 6) is 0.155. The number of likely N-dealkylation sites (tertiary alicyclic amines) is 1. The molecule has 1 fully saturated rings. The van der Waals surface area contributed by atoms with Gasteiger partial charge in [0, 0.05) is 23.5 Å². The lowest BCUT2D eigenvalue weighted by Crippen LogP contribution is -2.30. The highest BCUT2D eigenvalue weighted by Crippen LogP contribution is 2.26. The molecule has 1 heterocycles. The van der Waals surface area contributed by atoms with E-state index in [2.05, 4.69) is 15.9 Å². The van der Waals surface area contributed by atoms with Crippen LogP contribution < -0.4 is 5.73 Å². The Morgan fingerprint density at radius 3 is 2.56 bits per heavy atom. The summed E-state index contributed by atoms with van der Waals surface area (Å²) in [6, 6.07) is 8.15. The predicted molar refractivity (Wildman–Crippen MR) is 66.9 cm³/mol. The Hall–Kier alpha value is -0.870. The van der Waals surface area contributed by atoms with Crippen molar-refractivity contribution in [3.63, 3.8) is 0 Å². The highest BCUT2D eigenvalue weighted by molar-refractivity contribution is 9.10. The van der Waals surface area contributed by atoms with Crippen LogP contribution in [0.25, 0.3) is 0 Å². The van der Waals surface area contributed by atoms with Crippen LogP contribution in [0, 0.1) is 0 Å². The largest absolute Gasteiger partial charge is 0.334 e. The van der Waals surface area contributed by atoms with Crippen molar-refractivity contribution in [3.8, 4) is 0 Å². The van der Waals surface area contributed by atoms with Gasteiger partial charge in [0.25, 0.3) is 0 Å². The molecule has 0 aliphatic carbocycles. The fourth-order valence-corrected chi connectivity index (χ4v) is 2.32. The van der Waals surface area contributed by atoms with E-state index in [0.717, 1.165) is 10.0 Å². The summed E-state index contributed by atoms with van der Waals surface area (Å²) in [7, 11) is 0. The van der Waals surface area contributed by atoms with Crippen LogP contribution in [-0.2, 0) is 4.79 Å². The first kappa shape index (κ1) is 11.6. The number of benzene rings is 1. The summed E-state index contributed by atoms with van der Waals surface area (Å²) in [5.41, 5.74) is 6.93. The molecule has 2 rings (SSSR count). The number of amides is 1. The Morgan fingerprint density at radius 1 is 1.44 bits per heavy atom. The second kappa shape index (κ2) is 4.55. The number of nitrogens with two attached hydrogens (primary N) is 1. The SMILES string of the molecule is CC(c1ccc(Br)cc1)N1CC(N)CC1=O. The normalized spacial score (nSPS) is 22.6. The molecule has 4 heteroatoms. The molecule has 1 amide bonds. The molecule has 0 radical (unpaired) electrons. The Bertz CT molecular complexity index is 391. The first-order valence-corrected chi connectivity index (χ1v) is 6.17. The maximum absolute atomic E-state index is 11.7. The Kier molecular flexibility index (Phi) is 3.30. The molecule has 1 saturated heterocycles. The number of hydrogen-bond acceptors (Lipinski definition) is 2. The van der Waals surface area contributed by atoms with Crippen LogP contribution in [0.5, 0.6) is 0 Å². The van der Waals surface area contributed by atoms with Gasteiger partial charge in [-0.25, -0.2) is 0 Å². The monoisotopic (exact) mass is 282 g/mol. The minimum atomic E-state index is -0.00889. The van der Waals surface area contributed by atoms with Crippen LogP contribution in [0.4, 0.5) is 0 Å². The summed E-state index contributed by atoms with van der Waals surface area (Å²) in [6.07, 6.45) is 0.473. The van der Waals surface area contributed by atoms with E-state index in [0.29, 0.717) is 13.0 Å². The van der Waals surface area contributed by atoms with Gasteiger partial charge in [-0.15, -0.1) is 0 Å². The predicted octanol–water partition coefficient (Wildman–Crippen LogP) is 2.07. The molecule has 16 heavy (non-hydrogen) atoms. The second-order valence-electron chi connectivity index (χ2n) is 4.24. The van der Waals surface area contributed by atoms with Gasteiger partial charge < -0.3 is 10.6 Å². The van der Waals surface area contributed by atoms with Crippen molar-refractivity contribution in [2.75, 3.05) is 6.54 Å². The van der Waals surface area contributed by atoms with Gasteiger partial charge in [-0.1, -0.05) is 28.1 Å². The van der Waals surface area contributed by atoms with Gasteiger partial charge in [-0.05, 0) is 24.6 Å². The number of carbonyl (C=O) groups is 1. The van der Waals surface area contributed by atoms with E-state index in [1.54, 1.807) is 0 Å². The van der Waals surface area contributed by atoms with Crippen LogP contribution in [0.3, 0.4) is 0 Å². The highest BCUT2D eigenvalue weighted by atomic mass is 79.9. The third-order valence-electron chi connectivity index (χ3n) is 3.01. The second-order valence-corrected chi connectivity index (χ2v) is 5.15. The Balaban J connectivity index is 2.16. The number of carbonyl (C=O) groups excluding carboxylic acids is 1. The molecule has 1 aliphatic rings. The maximum Gasteiger partial charge on any atom is 0.224 e. The maximum atomic E-state index is 11.7.